The summed E-state index contributed by atoms with van der Waals surface area (Å²) in [5.74, 6) is 3.41. The lowest BCUT2D eigenvalue weighted by atomic mass is 9.85. The second-order valence-corrected chi connectivity index (χ2v) is 9.73. The van der Waals surface area contributed by atoms with E-state index in [4.69, 9.17) is 9.41 Å². The minimum absolute atomic E-state index is 0. The van der Waals surface area contributed by atoms with Crippen LogP contribution in [0.2, 0.25) is 0 Å². The molecule has 0 atom stereocenters. The minimum atomic E-state index is -0.326. The number of aromatic nitrogens is 1. The molecule has 9 heteroatoms. The quantitative estimate of drug-likeness (QED) is 0.282. The molecule has 1 saturated heterocycles. The minimum Gasteiger partial charge on any atom is -0.444 e. The lowest BCUT2D eigenvalue weighted by Crippen LogP contribution is -2.45. The molecule has 1 saturated carbocycles. The van der Waals surface area contributed by atoms with E-state index in [1.807, 2.05) is 27.9 Å². The molecule has 0 radical (unpaired) electrons. The van der Waals surface area contributed by atoms with Crippen molar-refractivity contribution in [3.63, 3.8) is 0 Å². The lowest BCUT2D eigenvalue weighted by molar-refractivity contribution is -0.138. The topological polar surface area (TPSA) is 86.0 Å². The van der Waals surface area contributed by atoms with Gasteiger partial charge in [0.1, 0.15) is 5.76 Å². The Morgan fingerprint density at radius 2 is 1.88 bits per heavy atom. The molecule has 0 bridgehead atoms. The van der Waals surface area contributed by atoms with Gasteiger partial charge in [-0.3, -0.25) is 14.7 Å². The molecule has 2 aliphatic rings. The van der Waals surface area contributed by atoms with E-state index in [0.29, 0.717) is 12.5 Å². The fourth-order valence-electron chi connectivity index (χ4n) is 4.93. The van der Waals surface area contributed by atoms with E-state index in [1.165, 1.54) is 0 Å². The number of halogens is 1. The summed E-state index contributed by atoms with van der Waals surface area (Å²) < 4.78 is 5.74. The molecule has 2 heterocycles. The smallest absolute Gasteiger partial charge is 0.230 e. The van der Waals surface area contributed by atoms with Crippen LogP contribution in [0.3, 0.4) is 0 Å². The zero-order valence-electron chi connectivity index (χ0n) is 21.1. The first-order valence-electron chi connectivity index (χ1n) is 12.2. The van der Waals surface area contributed by atoms with Crippen LogP contribution in [0.5, 0.6) is 0 Å². The van der Waals surface area contributed by atoms with Crippen LogP contribution < -0.4 is 10.6 Å². The van der Waals surface area contributed by atoms with E-state index in [-0.39, 0.29) is 35.3 Å². The highest BCUT2D eigenvalue weighted by Crippen LogP contribution is 2.39. The van der Waals surface area contributed by atoms with Crippen molar-refractivity contribution < 1.29 is 9.21 Å². The summed E-state index contributed by atoms with van der Waals surface area (Å²) >= 11 is 0. The molecule has 1 aromatic rings. The fraction of sp³-hybridized carbons (Fsp3) is 0.792. The number of guanidine groups is 1. The maximum Gasteiger partial charge on any atom is 0.230 e. The molecule has 1 amide bonds. The first kappa shape index (κ1) is 27.9. The van der Waals surface area contributed by atoms with Crippen molar-refractivity contribution >= 4 is 35.8 Å². The van der Waals surface area contributed by atoms with Crippen molar-refractivity contribution in [3.05, 3.63) is 17.3 Å². The largest absolute Gasteiger partial charge is 0.444 e. The number of carbonyl (C=O) groups is 1. The second kappa shape index (κ2) is 12.9. The Labute approximate surface area is 216 Å². The van der Waals surface area contributed by atoms with E-state index in [9.17, 15) is 4.79 Å². The zero-order valence-corrected chi connectivity index (χ0v) is 23.4. The van der Waals surface area contributed by atoms with Crippen LogP contribution in [-0.4, -0.2) is 73.5 Å². The van der Waals surface area contributed by atoms with Crippen LogP contribution in [0.25, 0.3) is 0 Å². The summed E-state index contributed by atoms with van der Waals surface area (Å²) in [6.45, 7) is 11.2. The third kappa shape index (κ3) is 7.56. The molecular formula is C24H43IN6O2. The predicted molar refractivity (Wildman–Crippen MR) is 143 cm³/mol. The van der Waals surface area contributed by atoms with Gasteiger partial charge in [-0.1, -0.05) is 12.8 Å². The van der Waals surface area contributed by atoms with E-state index < -0.39 is 0 Å². The summed E-state index contributed by atoms with van der Waals surface area (Å²) in [5, 5.41) is 6.90. The monoisotopic (exact) mass is 574 g/mol. The Bertz CT molecular complexity index is 760. The van der Waals surface area contributed by atoms with Gasteiger partial charge in [0.2, 0.25) is 11.8 Å². The SMILES string of the molecule is CCNC(=NCC1(C(=O)N(C)C)CCCC1)NCC1CCN(Cc2nc(C)c(C)o2)CC1.I. The number of rotatable bonds is 8. The average molecular weight is 575 g/mol. The molecule has 0 spiro atoms. The van der Waals surface area contributed by atoms with E-state index in [0.717, 1.165) is 94.6 Å². The maximum absolute atomic E-state index is 12.8. The van der Waals surface area contributed by atoms with Crippen molar-refractivity contribution in [2.45, 2.75) is 65.8 Å². The van der Waals surface area contributed by atoms with Gasteiger partial charge in [0.05, 0.1) is 24.2 Å². The van der Waals surface area contributed by atoms with Crippen molar-refractivity contribution in [1.82, 2.24) is 25.4 Å². The molecule has 3 rings (SSSR count). The Morgan fingerprint density at radius 1 is 1.21 bits per heavy atom. The Balaban J connectivity index is 0.00000385. The van der Waals surface area contributed by atoms with Crippen molar-refractivity contribution in [2.75, 3.05) is 46.8 Å². The van der Waals surface area contributed by atoms with Crippen LogP contribution in [0.4, 0.5) is 0 Å². The molecule has 0 unspecified atom stereocenters. The van der Waals surface area contributed by atoms with Crippen molar-refractivity contribution in [2.24, 2.45) is 16.3 Å². The van der Waals surface area contributed by atoms with Gasteiger partial charge < -0.3 is 20.0 Å². The molecule has 2 fully saturated rings. The van der Waals surface area contributed by atoms with Gasteiger partial charge in [-0.15, -0.1) is 24.0 Å². The first-order valence-corrected chi connectivity index (χ1v) is 12.2. The van der Waals surface area contributed by atoms with Gasteiger partial charge in [0, 0.05) is 27.2 Å². The Morgan fingerprint density at radius 3 is 2.42 bits per heavy atom. The van der Waals surface area contributed by atoms with Crippen LogP contribution in [0.1, 0.15) is 62.8 Å². The number of piperidine rings is 1. The molecule has 2 N–H and O–H groups in total. The number of amides is 1. The van der Waals surface area contributed by atoms with Gasteiger partial charge in [0.15, 0.2) is 5.96 Å². The number of carbonyl (C=O) groups excluding carboxylic acids is 1. The fourth-order valence-corrected chi connectivity index (χ4v) is 4.93. The normalized spacial score (nSPS) is 19.2. The maximum atomic E-state index is 12.8. The average Bonchev–Trinajstić information content (AvgIpc) is 3.37. The summed E-state index contributed by atoms with van der Waals surface area (Å²) in [6, 6.07) is 0. The molecule has 1 aliphatic carbocycles. The molecule has 1 aliphatic heterocycles. The highest BCUT2D eigenvalue weighted by Gasteiger charge is 2.42. The van der Waals surface area contributed by atoms with Crippen LogP contribution in [0, 0.1) is 25.2 Å². The second-order valence-electron chi connectivity index (χ2n) is 9.73. The molecule has 0 aromatic carbocycles. The Hall–Kier alpha value is -1.36. The van der Waals surface area contributed by atoms with Crippen molar-refractivity contribution in [1.29, 1.82) is 0 Å². The number of aliphatic imine (C=N–C) groups is 1. The summed E-state index contributed by atoms with van der Waals surface area (Å²) in [5.41, 5.74) is 0.661. The van der Waals surface area contributed by atoms with E-state index >= 15 is 0 Å². The van der Waals surface area contributed by atoms with Gasteiger partial charge >= 0.3 is 0 Å². The van der Waals surface area contributed by atoms with Gasteiger partial charge in [-0.2, -0.15) is 0 Å². The number of hydrogen-bond acceptors (Lipinski definition) is 5. The molecule has 188 valence electrons. The third-order valence-electron chi connectivity index (χ3n) is 7.00. The molecule has 1 aromatic heterocycles. The molecule has 33 heavy (non-hydrogen) atoms. The standard InChI is InChI=1S/C24H42N6O2.HI/c1-6-25-23(27-17-24(11-7-8-12-24)22(31)29(4)5)26-15-20-9-13-30(14-10-20)16-21-28-18(2)19(3)32-21;/h20H,6-17H2,1-5H3,(H2,25,26,27);1H. The Kier molecular flexibility index (Phi) is 10.9. The summed E-state index contributed by atoms with van der Waals surface area (Å²) in [6.07, 6.45) is 6.40. The van der Waals surface area contributed by atoms with E-state index in [2.05, 4.69) is 27.4 Å². The number of likely N-dealkylation sites (tertiary alicyclic amines) is 1. The van der Waals surface area contributed by atoms with Gasteiger partial charge in [-0.25, -0.2) is 4.98 Å². The van der Waals surface area contributed by atoms with Crippen molar-refractivity contribution in [3.8, 4) is 0 Å². The number of nitrogens with one attached hydrogen (secondary N) is 2. The number of hydrogen-bond donors (Lipinski definition) is 2. The highest BCUT2D eigenvalue weighted by molar-refractivity contribution is 14.0. The molecule has 8 nitrogen and oxygen atoms in total. The lowest BCUT2D eigenvalue weighted by Gasteiger charge is -2.32. The van der Waals surface area contributed by atoms with E-state index in [1.54, 1.807) is 4.90 Å². The predicted octanol–water partition coefficient (Wildman–Crippen LogP) is 3.33. The molecular weight excluding hydrogens is 531 g/mol. The summed E-state index contributed by atoms with van der Waals surface area (Å²) in [7, 11) is 3.71. The highest BCUT2D eigenvalue weighted by atomic mass is 127. The van der Waals surface area contributed by atoms with Gasteiger partial charge in [-0.05, 0) is 65.5 Å². The van der Waals surface area contributed by atoms with Gasteiger partial charge in [0.25, 0.3) is 0 Å². The first-order chi connectivity index (χ1) is 15.3. The zero-order chi connectivity index (χ0) is 23.1. The van der Waals surface area contributed by atoms with Crippen LogP contribution >= 0.6 is 24.0 Å². The summed E-state index contributed by atoms with van der Waals surface area (Å²) in [4.78, 5) is 26.4. The number of oxazole rings is 1. The number of aryl methyl sites for hydroxylation is 2. The van der Waals surface area contributed by atoms with Crippen LogP contribution in [0.15, 0.2) is 9.41 Å². The number of nitrogens with zero attached hydrogens (tertiary/aromatic N) is 4. The van der Waals surface area contributed by atoms with Crippen LogP contribution in [-0.2, 0) is 11.3 Å². The third-order valence-corrected chi connectivity index (χ3v) is 7.00.